The molecule has 0 aromatic carbocycles. The molecule has 32 heavy (non-hydrogen) atoms. The summed E-state index contributed by atoms with van der Waals surface area (Å²) in [4.78, 5) is 32.2. The summed E-state index contributed by atoms with van der Waals surface area (Å²) in [5, 5.41) is 3.42. The summed E-state index contributed by atoms with van der Waals surface area (Å²) in [5.74, 6) is -0.366. The molecule has 0 radical (unpaired) electrons. The van der Waals surface area contributed by atoms with Gasteiger partial charge >= 0.3 is 0 Å². The number of carbonyl (C=O) groups excluding carboxylic acids is 2. The Bertz CT molecular complexity index is 855. The van der Waals surface area contributed by atoms with E-state index in [1.165, 1.54) is 6.08 Å². The zero-order chi connectivity index (χ0) is 22.5. The van der Waals surface area contributed by atoms with Crippen molar-refractivity contribution in [1.29, 1.82) is 0 Å². The van der Waals surface area contributed by atoms with Crippen LogP contribution in [0.5, 0.6) is 0 Å². The number of amidine groups is 1. The van der Waals surface area contributed by atoms with Crippen molar-refractivity contribution in [2.75, 3.05) is 25.6 Å². The lowest BCUT2D eigenvalue weighted by atomic mass is 9.94. The average molecular weight is 464 g/mol. The van der Waals surface area contributed by atoms with Crippen LogP contribution in [0.3, 0.4) is 0 Å². The molecule has 1 saturated heterocycles. The minimum atomic E-state index is -1.05. The molecule has 0 bridgehead atoms. The summed E-state index contributed by atoms with van der Waals surface area (Å²) in [6.45, 7) is 3.51. The Morgan fingerprint density at radius 2 is 1.94 bits per heavy atom. The van der Waals surface area contributed by atoms with Crippen molar-refractivity contribution in [3.05, 3.63) is 23.7 Å². The van der Waals surface area contributed by atoms with Crippen molar-refractivity contribution < 1.29 is 23.5 Å². The van der Waals surface area contributed by atoms with E-state index in [1.807, 2.05) is 0 Å². The molecular formula is C23H30FN3O4S. The van der Waals surface area contributed by atoms with Crippen molar-refractivity contribution in [1.82, 2.24) is 5.32 Å². The van der Waals surface area contributed by atoms with Crippen LogP contribution >= 0.6 is 11.8 Å². The maximum absolute atomic E-state index is 14.6. The van der Waals surface area contributed by atoms with Gasteiger partial charge in [-0.1, -0.05) is 0 Å². The van der Waals surface area contributed by atoms with Gasteiger partial charge < -0.3 is 14.8 Å². The van der Waals surface area contributed by atoms with Crippen LogP contribution in [0.4, 0.5) is 4.39 Å². The molecule has 4 rings (SSSR count). The molecule has 1 unspecified atom stereocenters. The number of hydrogen-bond donors (Lipinski definition) is 1. The second kappa shape index (κ2) is 10.7. The smallest absolute Gasteiger partial charge is 0.263 e. The molecule has 2 amide bonds. The first-order chi connectivity index (χ1) is 15.5. The van der Waals surface area contributed by atoms with E-state index in [0.717, 1.165) is 51.7 Å². The van der Waals surface area contributed by atoms with Gasteiger partial charge in [-0.05, 0) is 44.4 Å². The van der Waals surface area contributed by atoms with Crippen LogP contribution in [0.15, 0.2) is 33.7 Å². The maximum atomic E-state index is 14.6. The van der Waals surface area contributed by atoms with Crippen molar-refractivity contribution in [2.24, 2.45) is 21.8 Å². The number of hydrogen-bond acceptors (Lipinski definition) is 6. The average Bonchev–Trinajstić information content (AvgIpc) is 2.77. The lowest BCUT2D eigenvalue weighted by molar-refractivity contribution is -0.120. The Morgan fingerprint density at radius 3 is 2.66 bits per heavy atom. The summed E-state index contributed by atoms with van der Waals surface area (Å²) in [6, 6.07) is 0.251. The van der Waals surface area contributed by atoms with Crippen molar-refractivity contribution in [3.8, 4) is 0 Å². The number of allylic oxidation sites excluding steroid dienone is 2. The molecule has 0 spiro atoms. The quantitative estimate of drug-likeness (QED) is 0.625. The summed E-state index contributed by atoms with van der Waals surface area (Å²) >= 11 is 1.72. The number of carbonyl (C=O) groups is 2. The molecule has 9 heteroatoms. The first-order valence-electron chi connectivity index (χ1n) is 11.4. The van der Waals surface area contributed by atoms with Crippen LogP contribution in [-0.2, 0) is 19.1 Å². The third-order valence-corrected chi connectivity index (χ3v) is 7.61. The molecule has 1 saturated carbocycles. The lowest BCUT2D eigenvalue weighted by Crippen LogP contribution is -2.37. The van der Waals surface area contributed by atoms with Crippen LogP contribution in [0.2, 0.25) is 0 Å². The van der Waals surface area contributed by atoms with Crippen LogP contribution in [0.1, 0.15) is 45.4 Å². The van der Waals surface area contributed by atoms with Crippen molar-refractivity contribution in [2.45, 2.75) is 56.7 Å². The van der Waals surface area contributed by atoms with E-state index in [0.29, 0.717) is 40.8 Å². The summed E-state index contributed by atoms with van der Waals surface area (Å²) in [7, 11) is 0. The molecule has 0 aromatic heterocycles. The molecular weight excluding hydrogens is 433 g/mol. The largest absolute Gasteiger partial charge is 0.493 e. The van der Waals surface area contributed by atoms with E-state index in [-0.39, 0.29) is 11.9 Å². The van der Waals surface area contributed by atoms with Crippen LogP contribution in [0, 0.1) is 11.8 Å². The summed E-state index contributed by atoms with van der Waals surface area (Å²) in [6.07, 6.45) is 8.71. The van der Waals surface area contributed by atoms with Gasteiger partial charge in [0.25, 0.3) is 5.91 Å². The third kappa shape index (κ3) is 6.07. The third-order valence-electron chi connectivity index (χ3n) is 6.24. The maximum Gasteiger partial charge on any atom is 0.263 e. The fourth-order valence-electron chi connectivity index (χ4n) is 4.47. The standard InChI is InChI=1S/C23H30FN3O4S/c1-14(28)25-16-2-4-18(5-3-16)32-13-21-26-20-11-17(10-19(24)22(20)23(29)27-21)31-12-15-6-8-30-9-7-15/h10-11,15-16,18,22H,2-9,12-13H2,1H3,(H,25,28). The molecule has 2 fully saturated rings. The van der Waals surface area contributed by atoms with Gasteiger partial charge in [-0.3, -0.25) is 9.59 Å². The SMILES string of the molecule is CC(=O)NC1CCC(SCC2=NC(=O)C3C(F)=CC(OCC4CCOCC4)=CC3=N2)CC1. The first kappa shape index (κ1) is 23.2. The Morgan fingerprint density at radius 1 is 1.19 bits per heavy atom. The normalized spacial score (nSPS) is 28.7. The molecule has 4 aliphatic rings. The second-order valence-electron chi connectivity index (χ2n) is 8.76. The number of thioether (sulfide) groups is 1. The zero-order valence-corrected chi connectivity index (χ0v) is 19.2. The van der Waals surface area contributed by atoms with E-state index >= 15 is 0 Å². The Kier molecular flexibility index (Phi) is 7.78. The van der Waals surface area contributed by atoms with Gasteiger partial charge in [-0.15, -0.1) is 0 Å². The van der Waals surface area contributed by atoms with E-state index in [1.54, 1.807) is 24.8 Å². The molecule has 1 N–H and O–H groups in total. The zero-order valence-electron chi connectivity index (χ0n) is 18.3. The molecule has 7 nitrogen and oxygen atoms in total. The number of nitrogens with zero attached hydrogens (tertiary/aromatic N) is 2. The van der Waals surface area contributed by atoms with Crippen molar-refractivity contribution in [3.63, 3.8) is 0 Å². The van der Waals surface area contributed by atoms with Gasteiger partial charge in [0, 0.05) is 43.6 Å². The predicted octanol–water partition coefficient (Wildman–Crippen LogP) is 3.36. The molecule has 2 aliphatic carbocycles. The van der Waals surface area contributed by atoms with Crippen molar-refractivity contribution >= 4 is 35.1 Å². The number of halogens is 1. The summed E-state index contributed by atoms with van der Waals surface area (Å²) in [5.41, 5.74) is 0.372. The van der Waals surface area contributed by atoms with E-state index in [9.17, 15) is 14.0 Å². The highest BCUT2D eigenvalue weighted by Crippen LogP contribution is 2.31. The Labute approximate surface area is 192 Å². The highest BCUT2D eigenvalue weighted by Gasteiger charge is 2.35. The number of rotatable bonds is 7. The van der Waals surface area contributed by atoms with Gasteiger partial charge in [0.15, 0.2) is 0 Å². The van der Waals surface area contributed by atoms with E-state index in [2.05, 4.69) is 15.3 Å². The molecule has 1 atom stereocenters. The first-order valence-corrected chi connectivity index (χ1v) is 12.4. The van der Waals surface area contributed by atoms with E-state index < -0.39 is 17.7 Å². The van der Waals surface area contributed by atoms with Gasteiger partial charge in [0.2, 0.25) is 5.91 Å². The minimum absolute atomic E-state index is 0.0134. The fraction of sp³-hybridized carbons (Fsp3) is 0.652. The number of ether oxygens (including phenoxy) is 2. The van der Waals surface area contributed by atoms with Crippen LogP contribution in [-0.4, -0.2) is 60.2 Å². The minimum Gasteiger partial charge on any atom is -0.493 e. The molecule has 0 aromatic rings. The van der Waals surface area contributed by atoms with Gasteiger partial charge in [-0.2, -0.15) is 16.8 Å². The Hall–Kier alpha value is -2.00. The molecule has 2 aliphatic heterocycles. The predicted molar refractivity (Wildman–Crippen MR) is 122 cm³/mol. The monoisotopic (exact) mass is 463 g/mol. The number of amides is 2. The fourth-order valence-corrected chi connectivity index (χ4v) is 5.59. The lowest BCUT2D eigenvalue weighted by Gasteiger charge is -2.28. The topological polar surface area (TPSA) is 89.4 Å². The Balaban J connectivity index is 1.32. The van der Waals surface area contributed by atoms with E-state index in [4.69, 9.17) is 9.47 Å². The number of nitrogens with one attached hydrogen (secondary N) is 1. The van der Waals surface area contributed by atoms with Crippen LogP contribution < -0.4 is 5.32 Å². The van der Waals surface area contributed by atoms with Gasteiger partial charge in [-0.25, -0.2) is 9.38 Å². The summed E-state index contributed by atoms with van der Waals surface area (Å²) < 4.78 is 25.8. The second-order valence-corrected chi connectivity index (χ2v) is 10.1. The van der Waals surface area contributed by atoms with Gasteiger partial charge in [0.1, 0.15) is 23.3 Å². The number of fused-ring (bicyclic) bond motifs is 1. The highest BCUT2D eigenvalue weighted by molar-refractivity contribution is 8.00. The van der Waals surface area contributed by atoms with Crippen LogP contribution in [0.25, 0.3) is 0 Å². The van der Waals surface area contributed by atoms with Gasteiger partial charge in [0.05, 0.1) is 18.1 Å². The molecule has 2 heterocycles. The number of aliphatic imine (C=N–C) groups is 2. The highest BCUT2D eigenvalue weighted by atomic mass is 32.2. The molecule has 174 valence electrons.